The Morgan fingerprint density at radius 1 is 1.58 bits per heavy atom. The van der Waals surface area contributed by atoms with E-state index in [1.807, 2.05) is 6.07 Å². The van der Waals surface area contributed by atoms with Gasteiger partial charge in [-0.15, -0.1) is 0 Å². The van der Waals surface area contributed by atoms with Gasteiger partial charge < -0.3 is 4.74 Å². The second-order valence-corrected chi connectivity index (χ2v) is 2.92. The van der Waals surface area contributed by atoms with Crippen molar-refractivity contribution >= 4 is 17.5 Å². The number of pyridine rings is 1. The Balaban J connectivity index is 2.47. The van der Waals surface area contributed by atoms with E-state index in [-0.39, 0.29) is 0 Å². The summed E-state index contributed by atoms with van der Waals surface area (Å²) in [5, 5.41) is 0.640. The first-order valence-electron chi connectivity index (χ1n) is 3.54. The lowest BCUT2D eigenvalue weighted by molar-refractivity contribution is 0.404. The summed E-state index contributed by atoms with van der Waals surface area (Å²) < 4.78 is 5.02. The molecule has 1 aliphatic rings. The summed E-state index contributed by atoms with van der Waals surface area (Å²) in [7, 11) is 1.59. The van der Waals surface area contributed by atoms with Gasteiger partial charge in [-0.05, 0) is 6.07 Å². The van der Waals surface area contributed by atoms with Crippen molar-refractivity contribution in [2.75, 3.05) is 7.11 Å². The molecule has 0 amide bonds. The van der Waals surface area contributed by atoms with Crippen LogP contribution in [0.1, 0.15) is 11.3 Å². The van der Waals surface area contributed by atoms with Gasteiger partial charge in [-0.2, -0.15) is 0 Å². The van der Waals surface area contributed by atoms with Crippen molar-refractivity contribution < 1.29 is 4.74 Å². The van der Waals surface area contributed by atoms with E-state index in [2.05, 4.69) is 9.98 Å². The van der Waals surface area contributed by atoms with E-state index in [9.17, 15) is 0 Å². The molecule has 12 heavy (non-hydrogen) atoms. The third-order valence-electron chi connectivity index (χ3n) is 1.72. The van der Waals surface area contributed by atoms with Gasteiger partial charge in [0.15, 0.2) is 0 Å². The molecule has 1 aromatic heterocycles. The van der Waals surface area contributed by atoms with Crippen molar-refractivity contribution in [3.63, 3.8) is 0 Å². The Bertz CT molecular complexity index is 349. The monoisotopic (exact) mass is 182 g/mol. The lowest BCUT2D eigenvalue weighted by Crippen LogP contribution is -2.02. The number of hydrogen-bond acceptors (Lipinski definition) is 3. The number of aliphatic imine (C=N–C) groups is 1. The molecule has 4 heteroatoms. The number of aromatic nitrogens is 1. The molecule has 1 aromatic rings. The second kappa shape index (κ2) is 2.75. The zero-order chi connectivity index (χ0) is 8.55. The number of fused-ring (bicyclic) bond motifs is 1. The fraction of sp³-hybridized carbons (Fsp3) is 0.250. The van der Waals surface area contributed by atoms with Crippen LogP contribution < -0.4 is 0 Å². The Morgan fingerprint density at radius 2 is 2.42 bits per heavy atom. The SMILES string of the molecule is COC1=NCc2cc(Cl)cnc21. The smallest absolute Gasteiger partial charge is 0.235 e. The largest absolute Gasteiger partial charge is 0.480 e. The first-order valence-corrected chi connectivity index (χ1v) is 3.92. The summed E-state index contributed by atoms with van der Waals surface area (Å²) in [6.07, 6.45) is 1.60. The van der Waals surface area contributed by atoms with Crippen molar-refractivity contribution in [1.29, 1.82) is 0 Å². The van der Waals surface area contributed by atoms with Crippen molar-refractivity contribution in [3.8, 4) is 0 Å². The van der Waals surface area contributed by atoms with Crippen LogP contribution in [-0.4, -0.2) is 18.0 Å². The van der Waals surface area contributed by atoms with Gasteiger partial charge in [-0.3, -0.25) is 0 Å². The molecule has 2 rings (SSSR count). The van der Waals surface area contributed by atoms with E-state index < -0.39 is 0 Å². The molecule has 0 saturated heterocycles. The van der Waals surface area contributed by atoms with E-state index in [4.69, 9.17) is 16.3 Å². The van der Waals surface area contributed by atoms with Gasteiger partial charge >= 0.3 is 0 Å². The minimum absolute atomic E-state index is 0.599. The van der Waals surface area contributed by atoms with E-state index >= 15 is 0 Å². The molecule has 0 fully saturated rings. The molecule has 0 unspecified atom stereocenters. The molecule has 0 aromatic carbocycles. The predicted molar refractivity (Wildman–Crippen MR) is 46.5 cm³/mol. The summed E-state index contributed by atoms with van der Waals surface area (Å²) in [5.74, 6) is 0.599. The van der Waals surface area contributed by atoms with Gasteiger partial charge in [0, 0.05) is 11.8 Å². The van der Waals surface area contributed by atoms with Crippen LogP contribution in [0.5, 0.6) is 0 Å². The average molecular weight is 183 g/mol. The highest BCUT2D eigenvalue weighted by atomic mass is 35.5. The highest BCUT2D eigenvalue weighted by molar-refractivity contribution is 6.30. The summed E-state index contributed by atoms with van der Waals surface area (Å²) in [5.41, 5.74) is 1.83. The average Bonchev–Trinajstić information content (AvgIpc) is 2.46. The summed E-state index contributed by atoms with van der Waals surface area (Å²) in [4.78, 5) is 8.26. The Morgan fingerprint density at radius 3 is 3.17 bits per heavy atom. The summed E-state index contributed by atoms with van der Waals surface area (Å²) in [6, 6.07) is 1.86. The summed E-state index contributed by atoms with van der Waals surface area (Å²) in [6.45, 7) is 0.617. The van der Waals surface area contributed by atoms with Crippen LogP contribution in [0.15, 0.2) is 17.3 Å². The second-order valence-electron chi connectivity index (χ2n) is 2.49. The van der Waals surface area contributed by atoms with Crippen LogP contribution in [0, 0.1) is 0 Å². The lowest BCUT2D eigenvalue weighted by atomic mass is 10.2. The molecule has 2 heterocycles. The van der Waals surface area contributed by atoms with Crippen LogP contribution in [0.3, 0.4) is 0 Å². The zero-order valence-corrected chi connectivity index (χ0v) is 7.30. The molecule has 0 N–H and O–H groups in total. The number of nitrogens with zero attached hydrogens (tertiary/aromatic N) is 2. The normalized spacial score (nSPS) is 14.0. The highest BCUT2D eigenvalue weighted by Gasteiger charge is 2.17. The Hall–Kier alpha value is -1.09. The van der Waals surface area contributed by atoms with Crippen molar-refractivity contribution in [1.82, 2.24) is 4.98 Å². The number of halogens is 1. The van der Waals surface area contributed by atoms with E-state index in [1.54, 1.807) is 13.3 Å². The quantitative estimate of drug-likeness (QED) is 0.612. The first kappa shape index (κ1) is 7.55. The van der Waals surface area contributed by atoms with Crippen molar-refractivity contribution in [2.24, 2.45) is 4.99 Å². The zero-order valence-electron chi connectivity index (χ0n) is 6.54. The lowest BCUT2D eigenvalue weighted by Gasteiger charge is -1.99. The van der Waals surface area contributed by atoms with Crippen molar-refractivity contribution in [2.45, 2.75) is 6.54 Å². The molecular formula is C8H7ClN2O. The minimum atomic E-state index is 0.599. The number of ether oxygens (including phenoxy) is 1. The number of methoxy groups -OCH3 is 1. The Labute approximate surface area is 75.1 Å². The van der Waals surface area contributed by atoms with Gasteiger partial charge in [0.25, 0.3) is 0 Å². The van der Waals surface area contributed by atoms with Gasteiger partial charge in [0.1, 0.15) is 5.69 Å². The molecule has 0 bridgehead atoms. The van der Waals surface area contributed by atoms with Gasteiger partial charge in [0.05, 0.1) is 18.7 Å². The van der Waals surface area contributed by atoms with Gasteiger partial charge in [0.2, 0.25) is 5.90 Å². The summed E-state index contributed by atoms with van der Waals surface area (Å²) >= 11 is 5.76. The first-order chi connectivity index (χ1) is 5.81. The number of hydrogen-bond donors (Lipinski definition) is 0. The molecule has 0 aliphatic carbocycles. The highest BCUT2D eigenvalue weighted by Crippen LogP contribution is 2.20. The van der Waals surface area contributed by atoms with Crippen LogP contribution in [0.2, 0.25) is 5.02 Å². The maximum atomic E-state index is 5.76. The van der Waals surface area contributed by atoms with Crippen molar-refractivity contribution in [3.05, 3.63) is 28.5 Å². The molecule has 62 valence electrons. The minimum Gasteiger partial charge on any atom is -0.480 e. The van der Waals surface area contributed by atoms with Gasteiger partial charge in [-0.1, -0.05) is 11.6 Å². The maximum absolute atomic E-state index is 5.76. The topological polar surface area (TPSA) is 34.5 Å². The van der Waals surface area contributed by atoms with Crippen LogP contribution in [-0.2, 0) is 11.3 Å². The molecule has 3 nitrogen and oxygen atoms in total. The molecule has 0 radical (unpaired) electrons. The fourth-order valence-corrected chi connectivity index (χ4v) is 1.37. The standard InChI is InChI=1S/C8H7ClN2O/c1-12-8-7-5(3-11-8)2-6(9)4-10-7/h2,4H,3H2,1H3. The van der Waals surface area contributed by atoms with E-state index in [1.165, 1.54) is 0 Å². The predicted octanol–water partition coefficient (Wildman–Crippen LogP) is 1.64. The third kappa shape index (κ3) is 1.06. The maximum Gasteiger partial charge on any atom is 0.235 e. The molecular weight excluding hydrogens is 176 g/mol. The van der Waals surface area contributed by atoms with E-state index in [0.29, 0.717) is 17.5 Å². The molecule has 0 spiro atoms. The van der Waals surface area contributed by atoms with Crippen LogP contribution in [0.25, 0.3) is 0 Å². The molecule has 0 saturated carbocycles. The molecule has 0 atom stereocenters. The Kier molecular flexibility index (Phi) is 1.73. The third-order valence-corrected chi connectivity index (χ3v) is 1.93. The van der Waals surface area contributed by atoms with Gasteiger partial charge in [-0.25, -0.2) is 9.98 Å². The van der Waals surface area contributed by atoms with Crippen LogP contribution in [0.4, 0.5) is 0 Å². The molecule has 1 aliphatic heterocycles. The van der Waals surface area contributed by atoms with Crippen LogP contribution >= 0.6 is 11.6 Å². The van der Waals surface area contributed by atoms with E-state index in [0.717, 1.165) is 11.3 Å². The number of rotatable bonds is 0. The fourth-order valence-electron chi connectivity index (χ4n) is 1.19.